The van der Waals surface area contributed by atoms with Crippen molar-refractivity contribution in [2.24, 2.45) is 0 Å². The first-order chi connectivity index (χ1) is 25.8. The van der Waals surface area contributed by atoms with Crippen LogP contribution in [0.25, 0.3) is 89.2 Å². The van der Waals surface area contributed by atoms with E-state index in [1.54, 1.807) is 0 Å². The van der Waals surface area contributed by atoms with Crippen LogP contribution in [0, 0.1) is 0 Å². The maximum atomic E-state index is 5.60. The fourth-order valence-electron chi connectivity index (χ4n) is 6.96. The van der Waals surface area contributed by atoms with Gasteiger partial charge in [0.25, 0.3) is 0 Å². The normalized spacial score (nSPS) is 11.1. The Bertz CT molecular complexity index is 2640. The van der Waals surface area contributed by atoms with Crippen molar-refractivity contribution >= 4 is 11.0 Å². The number of pyridine rings is 1. The predicted octanol–water partition coefficient (Wildman–Crippen LogP) is 12.7. The molecule has 0 N–H and O–H groups in total. The SMILES string of the molecule is c1ccc(-c2cccc(-c3ccc(-c4cccc(-c5ccccc5)c4)c4nc(-c5ccc(-c6ccncc6)cc5)c(-c5ccccc5)nc34)c2)cc1. The Balaban J connectivity index is 1.29. The molecule has 0 radical (unpaired) electrons. The maximum Gasteiger partial charge on any atom is 0.0979 e. The van der Waals surface area contributed by atoms with E-state index in [1.165, 1.54) is 11.1 Å². The van der Waals surface area contributed by atoms with Gasteiger partial charge in [0, 0.05) is 34.6 Å². The van der Waals surface area contributed by atoms with Crippen LogP contribution >= 0.6 is 0 Å². The lowest BCUT2D eigenvalue weighted by atomic mass is 9.93. The third kappa shape index (κ3) is 6.06. The third-order valence-electron chi connectivity index (χ3n) is 9.60. The molecule has 0 spiro atoms. The monoisotopic (exact) mass is 663 g/mol. The van der Waals surface area contributed by atoms with Gasteiger partial charge in [-0.05, 0) is 68.8 Å². The topological polar surface area (TPSA) is 38.7 Å². The van der Waals surface area contributed by atoms with Crippen molar-refractivity contribution in [2.45, 2.75) is 0 Å². The fraction of sp³-hybridized carbons (Fsp3) is 0. The molecule has 0 atom stereocenters. The van der Waals surface area contributed by atoms with Gasteiger partial charge in [-0.15, -0.1) is 0 Å². The Kier molecular flexibility index (Phi) is 8.20. The number of hydrogen-bond acceptors (Lipinski definition) is 3. The van der Waals surface area contributed by atoms with E-state index in [2.05, 4.69) is 175 Å². The molecule has 9 rings (SSSR count). The van der Waals surface area contributed by atoms with E-state index in [4.69, 9.17) is 9.97 Å². The Hall–Kier alpha value is -6.97. The van der Waals surface area contributed by atoms with Crippen LogP contribution in [0.4, 0.5) is 0 Å². The van der Waals surface area contributed by atoms with Gasteiger partial charge in [-0.25, -0.2) is 9.97 Å². The van der Waals surface area contributed by atoms with Crippen molar-refractivity contribution < 1.29 is 0 Å². The van der Waals surface area contributed by atoms with Crippen LogP contribution in [0.2, 0.25) is 0 Å². The molecule has 0 saturated heterocycles. The summed E-state index contributed by atoms with van der Waals surface area (Å²) in [5.41, 5.74) is 16.6. The molecule has 0 amide bonds. The van der Waals surface area contributed by atoms with Gasteiger partial charge in [-0.2, -0.15) is 0 Å². The van der Waals surface area contributed by atoms with Crippen LogP contribution in [0.1, 0.15) is 0 Å². The number of nitrogens with zero attached hydrogens (tertiary/aromatic N) is 3. The number of benzene rings is 7. The van der Waals surface area contributed by atoms with E-state index < -0.39 is 0 Å². The molecule has 0 aliphatic heterocycles. The van der Waals surface area contributed by atoms with Crippen molar-refractivity contribution in [3.8, 4) is 78.1 Å². The van der Waals surface area contributed by atoms with Crippen LogP contribution in [-0.4, -0.2) is 15.0 Å². The van der Waals surface area contributed by atoms with Crippen LogP contribution in [0.15, 0.2) is 200 Å². The molecule has 9 aromatic rings. The lowest BCUT2D eigenvalue weighted by Gasteiger charge is -2.17. The summed E-state index contributed by atoms with van der Waals surface area (Å²) in [5.74, 6) is 0. The van der Waals surface area contributed by atoms with E-state index in [1.807, 2.05) is 30.6 Å². The van der Waals surface area contributed by atoms with Crippen molar-refractivity contribution in [2.75, 3.05) is 0 Å². The molecule has 3 heteroatoms. The zero-order chi connectivity index (χ0) is 34.7. The van der Waals surface area contributed by atoms with Gasteiger partial charge in [-0.3, -0.25) is 4.98 Å². The lowest BCUT2D eigenvalue weighted by molar-refractivity contribution is 1.29. The van der Waals surface area contributed by atoms with Crippen molar-refractivity contribution in [3.05, 3.63) is 200 Å². The number of fused-ring (bicyclic) bond motifs is 1. The van der Waals surface area contributed by atoms with Gasteiger partial charge < -0.3 is 0 Å². The minimum absolute atomic E-state index is 0.843. The second kappa shape index (κ2) is 13.7. The molecule has 7 aromatic carbocycles. The smallest absolute Gasteiger partial charge is 0.0979 e. The van der Waals surface area contributed by atoms with Crippen LogP contribution in [0.3, 0.4) is 0 Å². The summed E-state index contributed by atoms with van der Waals surface area (Å²) in [4.78, 5) is 15.4. The summed E-state index contributed by atoms with van der Waals surface area (Å²) < 4.78 is 0. The van der Waals surface area contributed by atoms with Crippen molar-refractivity contribution in [1.29, 1.82) is 0 Å². The van der Waals surface area contributed by atoms with E-state index in [9.17, 15) is 0 Å². The molecule has 52 heavy (non-hydrogen) atoms. The lowest BCUT2D eigenvalue weighted by Crippen LogP contribution is -1.99. The number of aromatic nitrogens is 3. The Morgan fingerprint density at radius 1 is 0.250 bits per heavy atom. The maximum absolute atomic E-state index is 5.60. The predicted molar refractivity (Wildman–Crippen MR) is 215 cm³/mol. The summed E-state index contributed by atoms with van der Waals surface area (Å²) in [6, 6.07) is 66.0. The quantitative estimate of drug-likeness (QED) is 0.170. The zero-order valence-corrected chi connectivity index (χ0v) is 28.4. The van der Waals surface area contributed by atoms with Crippen LogP contribution in [0.5, 0.6) is 0 Å². The summed E-state index contributed by atoms with van der Waals surface area (Å²) in [5, 5.41) is 0. The van der Waals surface area contributed by atoms with Crippen LogP contribution < -0.4 is 0 Å². The molecule has 0 unspecified atom stereocenters. The highest BCUT2D eigenvalue weighted by Crippen LogP contribution is 2.40. The second-order valence-corrected chi connectivity index (χ2v) is 12.9. The number of rotatable bonds is 7. The first-order valence-corrected chi connectivity index (χ1v) is 17.5. The minimum Gasteiger partial charge on any atom is -0.265 e. The minimum atomic E-state index is 0.843. The highest BCUT2D eigenvalue weighted by molar-refractivity contribution is 6.03. The van der Waals surface area contributed by atoms with Gasteiger partial charge in [0.05, 0.1) is 22.4 Å². The molecule has 3 nitrogen and oxygen atoms in total. The molecule has 0 bridgehead atoms. The average molecular weight is 664 g/mol. The van der Waals surface area contributed by atoms with E-state index >= 15 is 0 Å². The van der Waals surface area contributed by atoms with E-state index in [0.29, 0.717) is 0 Å². The summed E-state index contributed by atoms with van der Waals surface area (Å²) in [7, 11) is 0. The molecule has 0 fully saturated rings. The van der Waals surface area contributed by atoms with E-state index in [0.717, 1.165) is 78.1 Å². The average Bonchev–Trinajstić information content (AvgIpc) is 3.24. The van der Waals surface area contributed by atoms with Crippen molar-refractivity contribution in [3.63, 3.8) is 0 Å². The standard InChI is InChI=1S/C49H33N3/c1-4-12-34(13-5-1)40-18-10-20-42(32-40)44-26-27-45(43-21-11-19-41(33-43)35-14-6-2-7-15-35)49-48(44)51-46(38-16-8-3-9-17-38)47(52-49)39-24-22-36(23-25-39)37-28-30-50-31-29-37/h1-33H. The summed E-state index contributed by atoms with van der Waals surface area (Å²) in [6.45, 7) is 0. The van der Waals surface area contributed by atoms with Gasteiger partial charge in [0.1, 0.15) is 0 Å². The highest BCUT2D eigenvalue weighted by atomic mass is 14.8. The Labute approximate surface area is 303 Å². The molecule has 0 aliphatic rings. The fourth-order valence-corrected chi connectivity index (χ4v) is 6.96. The Morgan fingerprint density at radius 3 is 1.08 bits per heavy atom. The third-order valence-corrected chi connectivity index (χ3v) is 9.60. The van der Waals surface area contributed by atoms with E-state index in [-0.39, 0.29) is 0 Å². The van der Waals surface area contributed by atoms with Crippen molar-refractivity contribution in [1.82, 2.24) is 15.0 Å². The molecular weight excluding hydrogens is 631 g/mol. The molecule has 2 heterocycles. The second-order valence-electron chi connectivity index (χ2n) is 12.9. The zero-order valence-electron chi connectivity index (χ0n) is 28.4. The van der Waals surface area contributed by atoms with Crippen LogP contribution in [-0.2, 0) is 0 Å². The summed E-state index contributed by atoms with van der Waals surface area (Å²) in [6.07, 6.45) is 3.65. The first kappa shape index (κ1) is 31.0. The van der Waals surface area contributed by atoms with Gasteiger partial charge >= 0.3 is 0 Å². The van der Waals surface area contributed by atoms with Gasteiger partial charge in [-0.1, -0.05) is 164 Å². The Morgan fingerprint density at radius 2 is 0.596 bits per heavy atom. The first-order valence-electron chi connectivity index (χ1n) is 17.5. The highest BCUT2D eigenvalue weighted by Gasteiger charge is 2.20. The number of hydrogen-bond donors (Lipinski definition) is 0. The molecule has 0 aliphatic carbocycles. The molecular formula is C49H33N3. The molecule has 2 aromatic heterocycles. The molecule has 0 saturated carbocycles. The molecule has 244 valence electrons. The largest absolute Gasteiger partial charge is 0.265 e. The summed E-state index contributed by atoms with van der Waals surface area (Å²) >= 11 is 0. The van der Waals surface area contributed by atoms with Gasteiger partial charge in [0.15, 0.2) is 0 Å². The van der Waals surface area contributed by atoms with Gasteiger partial charge in [0.2, 0.25) is 0 Å².